The second-order valence-electron chi connectivity index (χ2n) is 4.56. The van der Waals surface area contributed by atoms with E-state index in [2.05, 4.69) is 28.2 Å². The smallest absolute Gasteiger partial charge is 0.328 e. The van der Waals surface area contributed by atoms with Crippen molar-refractivity contribution in [1.29, 1.82) is 0 Å². The third-order valence-corrected chi connectivity index (χ3v) is 3.81. The van der Waals surface area contributed by atoms with E-state index in [0.29, 0.717) is 6.61 Å². The topological polar surface area (TPSA) is 47.6 Å². The summed E-state index contributed by atoms with van der Waals surface area (Å²) in [4.78, 5) is 11.8. The fourth-order valence-corrected chi connectivity index (χ4v) is 2.45. The fourth-order valence-electron chi connectivity index (χ4n) is 1.97. The molecule has 0 fully saturated rings. The van der Waals surface area contributed by atoms with Crippen molar-refractivity contribution in [2.45, 2.75) is 38.8 Å². The van der Waals surface area contributed by atoms with Crippen molar-refractivity contribution in [2.24, 2.45) is 0 Å². The first-order chi connectivity index (χ1) is 9.63. The second kappa shape index (κ2) is 8.97. The number of ether oxygens (including phenoxy) is 2. The summed E-state index contributed by atoms with van der Waals surface area (Å²) in [5, 5.41) is 3.27. The number of hydrogen-bond donors (Lipinski definition) is 1. The zero-order valence-electron chi connectivity index (χ0n) is 12.2. The Morgan fingerprint density at radius 1 is 1.40 bits per heavy atom. The van der Waals surface area contributed by atoms with Gasteiger partial charge in [0.1, 0.15) is 6.04 Å². The zero-order chi connectivity index (χ0) is 15.0. The summed E-state index contributed by atoms with van der Waals surface area (Å²) in [6, 6.07) is 5.50. The highest BCUT2D eigenvalue weighted by Crippen LogP contribution is 2.26. The minimum Gasteiger partial charge on any atom is -0.467 e. The van der Waals surface area contributed by atoms with Crippen LogP contribution >= 0.6 is 15.9 Å². The van der Waals surface area contributed by atoms with Crippen molar-refractivity contribution in [1.82, 2.24) is 0 Å². The largest absolute Gasteiger partial charge is 0.467 e. The molecule has 1 atom stereocenters. The van der Waals surface area contributed by atoms with Crippen molar-refractivity contribution in [3.63, 3.8) is 0 Å². The molecule has 0 spiro atoms. The lowest BCUT2D eigenvalue weighted by Crippen LogP contribution is -2.31. The molecule has 0 saturated carbocycles. The van der Waals surface area contributed by atoms with Gasteiger partial charge in [-0.15, -0.1) is 0 Å². The number of benzene rings is 1. The number of hydrogen-bond acceptors (Lipinski definition) is 4. The van der Waals surface area contributed by atoms with Crippen LogP contribution in [0.25, 0.3) is 0 Å². The normalized spacial score (nSPS) is 12.0. The maximum Gasteiger partial charge on any atom is 0.328 e. The summed E-state index contributed by atoms with van der Waals surface area (Å²) >= 11 is 3.51. The molecule has 20 heavy (non-hydrogen) atoms. The predicted molar refractivity (Wildman–Crippen MR) is 83.8 cm³/mol. The summed E-state index contributed by atoms with van der Waals surface area (Å²) in [7, 11) is 3.07. The van der Waals surface area contributed by atoms with E-state index in [-0.39, 0.29) is 12.0 Å². The molecular weight excluding hydrogens is 322 g/mol. The lowest BCUT2D eigenvalue weighted by atomic mass is 10.1. The van der Waals surface area contributed by atoms with Crippen LogP contribution in [-0.2, 0) is 20.9 Å². The average Bonchev–Trinajstić information content (AvgIpc) is 2.46. The van der Waals surface area contributed by atoms with E-state index in [4.69, 9.17) is 9.47 Å². The lowest BCUT2D eigenvalue weighted by Gasteiger charge is -2.20. The van der Waals surface area contributed by atoms with Gasteiger partial charge >= 0.3 is 5.97 Å². The van der Waals surface area contributed by atoms with E-state index >= 15 is 0 Å². The van der Waals surface area contributed by atoms with Crippen LogP contribution in [0.3, 0.4) is 0 Å². The first kappa shape index (κ1) is 17.0. The minimum absolute atomic E-state index is 0.234. The predicted octanol–water partition coefficient (Wildman–Crippen LogP) is 3.74. The van der Waals surface area contributed by atoms with E-state index in [1.807, 2.05) is 18.2 Å². The van der Waals surface area contributed by atoms with Crippen molar-refractivity contribution < 1.29 is 14.3 Å². The number of carbonyl (C=O) groups is 1. The second-order valence-corrected chi connectivity index (χ2v) is 5.42. The number of anilines is 1. The minimum atomic E-state index is -0.329. The SMILES string of the molecule is CCCCC(Nc1cccc(Br)c1COC)C(=O)OC. The summed E-state index contributed by atoms with van der Waals surface area (Å²) in [5.41, 5.74) is 1.90. The summed E-state index contributed by atoms with van der Waals surface area (Å²) in [6.45, 7) is 2.58. The third kappa shape index (κ3) is 4.80. The van der Waals surface area contributed by atoms with Crippen LogP contribution < -0.4 is 5.32 Å². The molecule has 0 radical (unpaired) electrons. The molecule has 5 heteroatoms. The molecule has 0 aromatic heterocycles. The van der Waals surface area contributed by atoms with Gasteiger partial charge in [-0.05, 0) is 18.6 Å². The molecule has 1 N–H and O–H groups in total. The third-order valence-electron chi connectivity index (χ3n) is 3.07. The Hall–Kier alpha value is -1.07. The lowest BCUT2D eigenvalue weighted by molar-refractivity contribution is -0.141. The quantitative estimate of drug-likeness (QED) is 0.730. The molecule has 1 aromatic carbocycles. The fraction of sp³-hybridized carbons (Fsp3) is 0.533. The maximum absolute atomic E-state index is 11.8. The number of methoxy groups -OCH3 is 2. The molecule has 0 heterocycles. The van der Waals surface area contributed by atoms with Gasteiger partial charge < -0.3 is 14.8 Å². The Balaban J connectivity index is 2.92. The summed E-state index contributed by atoms with van der Waals surface area (Å²) in [5.74, 6) is -0.234. The molecule has 0 aliphatic carbocycles. The van der Waals surface area contributed by atoms with E-state index < -0.39 is 0 Å². The van der Waals surface area contributed by atoms with Crippen molar-refractivity contribution in [3.8, 4) is 0 Å². The number of unbranched alkanes of at least 4 members (excludes halogenated alkanes) is 1. The number of rotatable bonds is 8. The van der Waals surface area contributed by atoms with Crippen LogP contribution in [0.15, 0.2) is 22.7 Å². The number of carbonyl (C=O) groups excluding carboxylic acids is 1. The van der Waals surface area contributed by atoms with Gasteiger partial charge in [-0.2, -0.15) is 0 Å². The molecule has 0 aliphatic rings. The van der Waals surface area contributed by atoms with Crippen LogP contribution in [0.5, 0.6) is 0 Å². The highest BCUT2D eigenvalue weighted by atomic mass is 79.9. The molecule has 0 amide bonds. The molecule has 0 bridgehead atoms. The highest BCUT2D eigenvalue weighted by molar-refractivity contribution is 9.10. The van der Waals surface area contributed by atoms with Gasteiger partial charge in [0, 0.05) is 22.8 Å². The Morgan fingerprint density at radius 3 is 2.75 bits per heavy atom. The molecular formula is C15H22BrNO3. The molecule has 0 saturated heterocycles. The number of nitrogens with one attached hydrogen (secondary N) is 1. The molecule has 1 aromatic rings. The molecule has 112 valence electrons. The summed E-state index contributed by atoms with van der Waals surface area (Å²) in [6.07, 6.45) is 2.76. The first-order valence-electron chi connectivity index (χ1n) is 6.74. The van der Waals surface area contributed by atoms with Gasteiger partial charge in [-0.3, -0.25) is 0 Å². The van der Waals surface area contributed by atoms with Gasteiger partial charge in [0.25, 0.3) is 0 Å². The van der Waals surface area contributed by atoms with Gasteiger partial charge in [0.2, 0.25) is 0 Å². The van der Waals surface area contributed by atoms with Gasteiger partial charge in [0.15, 0.2) is 0 Å². The summed E-state index contributed by atoms with van der Waals surface area (Å²) < 4.78 is 11.0. The van der Waals surface area contributed by atoms with Crippen molar-refractivity contribution in [2.75, 3.05) is 19.5 Å². The van der Waals surface area contributed by atoms with E-state index in [1.54, 1.807) is 7.11 Å². The van der Waals surface area contributed by atoms with Crippen molar-refractivity contribution >= 4 is 27.6 Å². The zero-order valence-corrected chi connectivity index (χ0v) is 13.8. The average molecular weight is 344 g/mol. The Kier molecular flexibility index (Phi) is 7.62. The highest BCUT2D eigenvalue weighted by Gasteiger charge is 2.20. The van der Waals surface area contributed by atoms with E-state index in [1.165, 1.54) is 7.11 Å². The molecule has 4 nitrogen and oxygen atoms in total. The standard InChI is InChI=1S/C15H22BrNO3/c1-4-5-8-14(15(18)20-3)17-13-9-6-7-12(16)11(13)10-19-2/h6-7,9,14,17H,4-5,8,10H2,1-3H3. The Bertz CT molecular complexity index is 437. The van der Waals surface area contributed by atoms with E-state index in [0.717, 1.165) is 35.0 Å². The van der Waals surface area contributed by atoms with Crippen LogP contribution in [0.1, 0.15) is 31.7 Å². The van der Waals surface area contributed by atoms with Crippen LogP contribution in [0.4, 0.5) is 5.69 Å². The Labute approximate surface area is 129 Å². The maximum atomic E-state index is 11.8. The molecule has 1 rings (SSSR count). The van der Waals surface area contributed by atoms with E-state index in [9.17, 15) is 4.79 Å². The monoisotopic (exact) mass is 343 g/mol. The van der Waals surface area contributed by atoms with Gasteiger partial charge in [-0.1, -0.05) is 41.8 Å². The molecule has 0 aliphatic heterocycles. The molecule has 1 unspecified atom stereocenters. The van der Waals surface area contributed by atoms with Gasteiger partial charge in [-0.25, -0.2) is 4.79 Å². The van der Waals surface area contributed by atoms with Crippen molar-refractivity contribution in [3.05, 3.63) is 28.2 Å². The number of halogens is 1. The Morgan fingerprint density at radius 2 is 2.15 bits per heavy atom. The van der Waals surface area contributed by atoms with Crippen LogP contribution in [0.2, 0.25) is 0 Å². The van der Waals surface area contributed by atoms with Crippen LogP contribution in [-0.4, -0.2) is 26.2 Å². The first-order valence-corrected chi connectivity index (χ1v) is 7.54. The van der Waals surface area contributed by atoms with Crippen LogP contribution in [0, 0.1) is 0 Å². The van der Waals surface area contributed by atoms with Gasteiger partial charge in [0.05, 0.1) is 13.7 Å². The number of esters is 1.